The van der Waals surface area contributed by atoms with E-state index in [-0.39, 0.29) is 0 Å². The summed E-state index contributed by atoms with van der Waals surface area (Å²) < 4.78 is 0. The Hall–Kier alpha value is -0.820. The number of fused-ring (bicyclic) bond motifs is 1. The van der Waals surface area contributed by atoms with Crippen molar-refractivity contribution in [1.82, 2.24) is 5.32 Å². The van der Waals surface area contributed by atoms with E-state index >= 15 is 0 Å². The maximum Gasteiger partial charge on any atom is 0.0352 e. The van der Waals surface area contributed by atoms with Crippen LogP contribution in [0.2, 0.25) is 0 Å². The van der Waals surface area contributed by atoms with E-state index in [9.17, 15) is 0 Å². The first kappa shape index (κ1) is 10.7. The third kappa shape index (κ3) is 2.07. The van der Waals surface area contributed by atoms with Crippen LogP contribution in [-0.4, -0.2) is 7.05 Å². The number of rotatable bonds is 3. The largest absolute Gasteiger partial charge is 0.313 e. The quantitative estimate of drug-likeness (QED) is 0.795. The Morgan fingerprint density at radius 2 is 2.07 bits per heavy atom. The zero-order chi connectivity index (χ0) is 10.8. The van der Waals surface area contributed by atoms with Gasteiger partial charge >= 0.3 is 0 Å². The summed E-state index contributed by atoms with van der Waals surface area (Å²) in [6.45, 7) is 4.63. The average molecular weight is 203 g/mol. The average Bonchev–Trinajstić information content (AvgIpc) is 2.53. The third-order valence-corrected chi connectivity index (χ3v) is 3.43. The second-order valence-electron chi connectivity index (χ2n) is 5.06. The van der Waals surface area contributed by atoms with Crippen LogP contribution in [0.1, 0.15) is 37.4 Å². The van der Waals surface area contributed by atoms with Crippen molar-refractivity contribution in [1.29, 1.82) is 0 Å². The van der Waals surface area contributed by atoms with Crippen LogP contribution in [0.15, 0.2) is 24.3 Å². The lowest BCUT2D eigenvalue weighted by molar-refractivity contribution is 0.342. The van der Waals surface area contributed by atoms with Gasteiger partial charge in [0.25, 0.3) is 0 Å². The third-order valence-electron chi connectivity index (χ3n) is 3.43. The molecule has 0 aliphatic heterocycles. The molecule has 1 aliphatic carbocycles. The molecule has 0 radical (unpaired) electrons. The molecular formula is C14H21N. The minimum atomic E-state index is 0.573. The van der Waals surface area contributed by atoms with Crippen molar-refractivity contribution in [3.05, 3.63) is 35.4 Å². The zero-order valence-electron chi connectivity index (χ0n) is 9.96. The van der Waals surface area contributed by atoms with Gasteiger partial charge in [0.15, 0.2) is 0 Å². The molecule has 2 rings (SSSR count). The van der Waals surface area contributed by atoms with Crippen molar-refractivity contribution >= 4 is 0 Å². The molecule has 0 spiro atoms. The Labute approximate surface area is 92.9 Å². The monoisotopic (exact) mass is 203 g/mol. The molecular weight excluding hydrogens is 182 g/mol. The maximum absolute atomic E-state index is 3.48. The maximum atomic E-state index is 3.48. The molecule has 1 aromatic rings. The van der Waals surface area contributed by atoms with Crippen molar-refractivity contribution in [2.24, 2.45) is 11.8 Å². The molecule has 1 aromatic carbocycles. The van der Waals surface area contributed by atoms with Gasteiger partial charge in [-0.25, -0.2) is 0 Å². The van der Waals surface area contributed by atoms with E-state index in [1.54, 1.807) is 5.56 Å². The summed E-state index contributed by atoms with van der Waals surface area (Å²) in [5, 5.41) is 3.48. The van der Waals surface area contributed by atoms with Crippen molar-refractivity contribution < 1.29 is 0 Å². The van der Waals surface area contributed by atoms with E-state index in [1.165, 1.54) is 18.4 Å². The fraction of sp³-hybridized carbons (Fsp3) is 0.571. The Balaban J connectivity index is 2.21. The summed E-state index contributed by atoms with van der Waals surface area (Å²) in [6.07, 6.45) is 2.57. The van der Waals surface area contributed by atoms with Gasteiger partial charge in [0.2, 0.25) is 0 Å². The highest BCUT2D eigenvalue weighted by Gasteiger charge is 2.30. The van der Waals surface area contributed by atoms with E-state index < -0.39 is 0 Å². The summed E-state index contributed by atoms with van der Waals surface area (Å²) >= 11 is 0. The van der Waals surface area contributed by atoms with Crippen LogP contribution in [0.4, 0.5) is 0 Å². The lowest BCUT2D eigenvalue weighted by atomic mass is 9.91. The van der Waals surface area contributed by atoms with Crippen molar-refractivity contribution in [3.8, 4) is 0 Å². The Morgan fingerprint density at radius 3 is 2.73 bits per heavy atom. The van der Waals surface area contributed by atoms with Crippen molar-refractivity contribution in [3.63, 3.8) is 0 Å². The molecule has 1 heteroatoms. The first-order valence-electron chi connectivity index (χ1n) is 5.97. The number of nitrogens with one attached hydrogen (secondary N) is 1. The highest BCUT2D eigenvalue weighted by Crippen LogP contribution is 2.38. The van der Waals surface area contributed by atoms with Crippen molar-refractivity contribution in [2.45, 2.75) is 32.7 Å². The first-order valence-corrected chi connectivity index (χ1v) is 5.97. The molecule has 0 heterocycles. The second kappa shape index (κ2) is 4.36. The van der Waals surface area contributed by atoms with E-state index in [0.29, 0.717) is 6.04 Å². The van der Waals surface area contributed by atoms with Gasteiger partial charge in [0.1, 0.15) is 0 Å². The minimum absolute atomic E-state index is 0.573. The fourth-order valence-corrected chi connectivity index (χ4v) is 2.89. The Kier molecular flexibility index (Phi) is 3.11. The first-order chi connectivity index (χ1) is 7.22. The van der Waals surface area contributed by atoms with Crippen LogP contribution in [-0.2, 0) is 6.42 Å². The highest BCUT2D eigenvalue weighted by atomic mass is 14.9. The summed E-state index contributed by atoms with van der Waals surface area (Å²) in [5.74, 6) is 1.58. The Bertz CT molecular complexity index is 330. The molecule has 15 heavy (non-hydrogen) atoms. The predicted molar refractivity (Wildman–Crippen MR) is 64.9 cm³/mol. The van der Waals surface area contributed by atoms with Gasteiger partial charge in [-0.05, 0) is 42.9 Å². The van der Waals surface area contributed by atoms with Gasteiger partial charge in [0, 0.05) is 6.04 Å². The van der Waals surface area contributed by atoms with Crippen LogP contribution in [0.25, 0.3) is 0 Å². The molecule has 1 aliphatic rings. The van der Waals surface area contributed by atoms with E-state index in [4.69, 9.17) is 0 Å². The lowest BCUT2D eigenvalue weighted by Crippen LogP contribution is -2.22. The lowest BCUT2D eigenvalue weighted by Gasteiger charge is -2.21. The number of hydrogen-bond donors (Lipinski definition) is 1. The summed E-state index contributed by atoms with van der Waals surface area (Å²) in [4.78, 5) is 0. The van der Waals surface area contributed by atoms with Gasteiger partial charge in [-0.3, -0.25) is 0 Å². The fourth-order valence-electron chi connectivity index (χ4n) is 2.89. The molecule has 82 valence electrons. The molecule has 0 amide bonds. The Morgan fingerprint density at radius 1 is 1.33 bits per heavy atom. The van der Waals surface area contributed by atoms with Crippen LogP contribution < -0.4 is 5.32 Å². The molecule has 0 aromatic heterocycles. The van der Waals surface area contributed by atoms with Gasteiger partial charge in [-0.2, -0.15) is 0 Å². The van der Waals surface area contributed by atoms with Gasteiger partial charge in [-0.1, -0.05) is 38.1 Å². The molecule has 2 atom stereocenters. The minimum Gasteiger partial charge on any atom is -0.313 e. The van der Waals surface area contributed by atoms with E-state index in [0.717, 1.165) is 11.8 Å². The SMILES string of the molecule is CNC1c2ccccc2CC1CC(C)C. The molecule has 0 saturated heterocycles. The zero-order valence-corrected chi connectivity index (χ0v) is 9.96. The molecule has 1 N–H and O–H groups in total. The number of benzene rings is 1. The van der Waals surface area contributed by atoms with Gasteiger partial charge in [-0.15, -0.1) is 0 Å². The van der Waals surface area contributed by atoms with Crippen molar-refractivity contribution in [2.75, 3.05) is 7.05 Å². The van der Waals surface area contributed by atoms with Crippen LogP contribution in [0, 0.1) is 11.8 Å². The predicted octanol–water partition coefficient (Wildman–Crippen LogP) is 3.17. The number of hydrogen-bond acceptors (Lipinski definition) is 1. The second-order valence-corrected chi connectivity index (χ2v) is 5.06. The van der Waals surface area contributed by atoms with Gasteiger partial charge < -0.3 is 5.32 Å². The molecule has 0 fully saturated rings. The molecule has 2 unspecified atom stereocenters. The summed E-state index contributed by atoms with van der Waals surface area (Å²) in [5.41, 5.74) is 3.06. The van der Waals surface area contributed by atoms with E-state index in [1.807, 2.05) is 0 Å². The molecule has 0 bridgehead atoms. The van der Waals surface area contributed by atoms with Gasteiger partial charge in [0.05, 0.1) is 0 Å². The van der Waals surface area contributed by atoms with Crippen LogP contribution in [0.5, 0.6) is 0 Å². The smallest absolute Gasteiger partial charge is 0.0352 e. The normalized spacial score (nSPS) is 24.5. The highest BCUT2D eigenvalue weighted by molar-refractivity contribution is 5.35. The molecule has 1 nitrogen and oxygen atoms in total. The van der Waals surface area contributed by atoms with E-state index in [2.05, 4.69) is 50.5 Å². The summed E-state index contributed by atoms with van der Waals surface area (Å²) in [7, 11) is 2.08. The van der Waals surface area contributed by atoms with Crippen LogP contribution in [0.3, 0.4) is 0 Å². The summed E-state index contributed by atoms with van der Waals surface area (Å²) in [6, 6.07) is 9.43. The molecule has 0 saturated carbocycles. The standard InChI is InChI=1S/C14H21N/c1-10(2)8-12-9-11-6-4-5-7-13(11)14(12)15-3/h4-7,10,12,14-15H,8-9H2,1-3H3. The van der Waals surface area contributed by atoms with Crippen LogP contribution >= 0.6 is 0 Å². The topological polar surface area (TPSA) is 12.0 Å².